The van der Waals surface area contributed by atoms with Crippen LogP contribution in [0.25, 0.3) is 0 Å². The van der Waals surface area contributed by atoms with Gasteiger partial charge < -0.3 is 20.5 Å². The van der Waals surface area contributed by atoms with E-state index >= 15 is 0 Å². The summed E-state index contributed by atoms with van der Waals surface area (Å²) in [5.41, 5.74) is 0.345. The zero-order chi connectivity index (χ0) is 23.4. The van der Waals surface area contributed by atoms with E-state index in [2.05, 4.69) is 36.6 Å². The maximum Gasteiger partial charge on any atom is 0.278 e. The number of nitriles is 1. The fraction of sp³-hybridized carbons (Fsp3) is 0.571. The van der Waals surface area contributed by atoms with Gasteiger partial charge in [0, 0.05) is 31.1 Å². The van der Waals surface area contributed by atoms with Gasteiger partial charge in [0.1, 0.15) is 23.8 Å². The van der Waals surface area contributed by atoms with Crippen LogP contribution in [0.15, 0.2) is 18.7 Å². The van der Waals surface area contributed by atoms with Crippen LogP contribution in [0.2, 0.25) is 0 Å². The Balaban J connectivity index is 1.74. The molecular formula is C21H27F2N7O2. The van der Waals surface area contributed by atoms with Crippen molar-refractivity contribution in [3.05, 3.63) is 29.8 Å². The van der Waals surface area contributed by atoms with Gasteiger partial charge in [-0.1, -0.05) is 13.8 Å². The molecule has 2 atom stereocenters. The summed E-state index contributed by atoms with van der Waals surface area (Å²) >= 11 is 0. The highest BCUT2D eigenvalue weighted by Gasteiger charge is 2.39. The van der Waals surface area contributed by atoms with Crippen LogP contribution in [-0.2, 0) is 6.54 Å². The second-order valence-electron chi connectivity index (χ2n) is 8.60. The number of hydrogen-bond donors (Lipinski definition) is 3. The third-order valence-corrected chi connectivity index (χ3v) is 5.59. The predicted molar refractivity (Wildman–Crippen MR) is 113 cm³/mol. The Hall–Kier alpha value is -3.13. The van der Waals surface area contributed by atoms with E-state index in [1.54, 1.807) is 0 Å². The molecule has 0 radical (unpaired) electrons. The summed E-state index contributed by atoms with van der Waals surface area (Å²) in [6.07, 6.45) is 6.07. The van der Waals surface area contributed by atoms with Gasteiger partial charge in [0.15, 0.2) is 6.61 Å². The van der Waals surface area contributed by atoms with Crippen LogP contribution in [0.4, 0.5) is 20.5 Å². The third kappa shape index (κ3) is 5.76. The molecular weight excluding hydrogens is 420 g/mol. The van der Waals surface area contributed by atoms with Crippen molar-refractivity contribution in [3.8, 4) is 11.9 Å². The largest absolute Gasteiger partial charge is 0.471 e. The molecule has 1 saturated carbocycles. The zero-order valence-corrected chi connectivity index (χ0v) is 18.3. The second kappa shape index (κ2) is 9.56. The summed E-state index contributed by atoms with van der Waals surface area (Å²) in [5.74, 6) is -2.36. The van der Waals surface area contributed by atoms with Crippen molar-refractivity contribution in [2.45, 2.75) is 64.6 Å². The predicted octanol–water partition coefficient (Wildman–Crippen LogP) is 3.14. The number of anilines is 2. The normalized spacial score (nSPS) is 20.3. The van der Waals surface area contributed by atoms with E-state index in [1.165, 1.54) is 18.7 Å². The number of aliphatic hydroxyl groups excluding tert-OH is 1. The van der Waals surface area contributed by atoms with Crippen molar-refractivity contribution in [1.29, 1.82) is 5.26 Å². The molecule has 2 aromatic rings. The maximum atomic E-state index is 13.1. The molecule has 2 aromatic heterocycles. The minimum atomic E-state index is -2.99. The first kappa shape index (κ1) is 23.5. The molecule has 11 heteroatoms. The molecule has 0 aromatic carbocycles. The molecule has 32 heavy (non-hydrogen) atoms. The molecule has 3 rings (SSSR count). The average Bonchev–Trinajstić information content (AvgIpc) is 2.74. The minimum absolute atomic E-state index is 0.0407. The lowest BCUT2D eigenvalue weighted by Gasteiger charge is -2.43. The van der Waals surface area contributed by atoms with Crippen molar-refractivity contribution in [2.75, 3.05) is 17.2 Å². The molecule has 9 nitrogen and oxygen atoms in total. The molecule has 2 heterocycles. The molecule has 1 aliphatic carbocycles. The van der Waals surface area contributed by atoms with E-state index in [-0.39, 0.29) is 30.0 Å². The summed E-state index contributed by atoms with van der Waals surface area (Å²) in [7, 11) is 0. The third-order valence-electron chi connectivity index (χ3n) is 5.59. The lowest BCUT2D eigenvalue weighted by atomic mass is 9.71. The Labute approximate surface area is 185 Å². The second-order valence-corrected chi connectivity index (χ2v) is 8.60. The van der Waals surface area contributed by atoms with Crippen molar-refractivity contribution < 1.29 is 18.6 Å². The average molecular weight is 447 g/mol. The molecule has 1 aliphatic rings. The first-order valence-corrected chi connectivity index (χ1v) is 10.4. The number of rotatable bonds is 8. The van der Waals surface area contributed by atoms with Crippen LogP contribution in [0.5, 0.6) is 5.88 Å². The van der Waals surface area contributed by atoms with E-state index in [9.17, 15) is 19.1 Å². The molecule has 0 amide bonds. The fourth-order valence-electron chi connectivity index (χ4n) is 3.54. The van der Waals surface area contributed by atoms with Crippen LogP contribution in [-0.4, -0.2) is 49.7 Å². The first-order valence-electron chi connectivity index (χ1n) is 10.4. The number of aromatic nitrogens is 4. The van der Waals surface area contributed by atoms with Crippen molar-refractivity contribution in [3.63, 3.8) is 0 Å². The van der Waals surface area contributed by atoms with Gasteiger partial charge in [-0.2, -0.15) is 10.2 Å². The SMILES string of the molecule is CC(F)(F)COc1ncncc1CNc1ncc(C#N)c(N[C@@H]2CCC[C@@H](O)C2(C)C)n1. The van der Waals surface area contributed by atoms with Crippen molar-refractivity contribution >= 4 is 11.8 Å². The Bertz CT molecular complexity index is 975. The molecule has 0 bridgehead atoms. The van der Waals surface area contributed by atoms with E-state index < -0.39 is 24.0 Å². The van der Waals surface area contributed by atoms with Gasteiger partial charge in [-0.3, -0.25) is 0 Å². The van der Waals surface area contributed by atoms with Gasteiger partial charge in [0.2, 0.25) is 11.8 Å². The molecule has 0 saturated heterocycles. The Kier molecular flexibility index (Phi) is 7.03. The van der Waals surface area contributed by atoms with E-state index in [0.29, 0.717) is 11.4 Å². The Morgan fingerprint density at radius 1 is 1.31 bits per heavy atom. The van der Waals surface area contributed by atoms with Crippen LogP contribution in [0.3, 0.4) is 0 Å². The van der Waals surface area contributed by atoms with Gasteiger partial charge in [-0.25, -0.2) is 23.7 Å². The topological polar surface area (TPSA) is 129 Å². The Morgan fingerprint density at radius 3 is 2.81 bits per heavy atom. The highest BCUT2D eigenvalue weighted by atomic mass is 19.3. The smallest absolute Gasteiger partial charge is 0.278 e. The van der Waals surface area contributed by atoms with Gasteiger partial charge in [0.25, 0.3) is 5.92 Å². The number of aliphatic hydroxyl groups is 1. The van der Waals surface area contributed by atoms with Crippen LogP contribution in [0.1, 0.15) is 51.2 Å². The summed E-state index contributed by atoms with van der Waals surface area (Å²) < 4.78 is 31.4. The monoisotopic (exact) mass is 447 g/mol. The quantitative estimate of drug-likeness (QED) is 0.559. The molecule has 0 aliphatic heterocycles. The lowest BCUT2D eigenvalue weighted by Crippen LogP contribution is -2.48. The number of hydrogen-bond acceptors (Lipinski definition) is 9. The molecule has 0 unspecified atom stereocenters. The number of alkyl halides is 2. The Morgan fingerprint density at radius 2 is 2.09 bits per heavy atom. The van der Waals surface area contributed by atoms with Gasteiger partial charge in [-0.05, 0) is 19.3 Å². The summed E-state index contributed by atoms with van der Waals surface area (Å²) in [4.78, 5) is 16.4. The van der Waals surface area contributed by atoms with Crippen molar-refractivity contribution in [2.24, 2.45) is 5.41 Å². The van der Waals surface area contributed by atoms with Crippen LogP contribution >= 0.6 is 0 Å². The number of nitrogens with zero attached hydrogens (tertiary/aromatic N) is 5. The molecule has 3 N–H and O–H groups in total. The fourth-order valence-corrected chi connectivity index (χ4v) is 3.54. The number of ether oxygens (including phenoxy) is 1. The maximum absolute atomic E-state index is 13.1. The highest BCUT2D eigenvalue weighted by molar-refractivity contribution is 5.54. The van der Waals surface area contributed by atoms with E-state index in [1.807, 2.05) is 13.8 Å². The van der Waals surface area contributed by atoms with Crippen molar-refractivity contribution in [1.82, 2.24) is 19.9 Å². The summed E-state index contributed by atoms with van der Waals surface area (Å²) in [6.45, 7) is 4.05. The lowest BCUT2D eigenvalue weighted by molar-refractivity contribution is -0.0245. The molecule has 172 valence electrons. The standard InChI is InChI=1S/C21H27F2N7O2/c1-20(2)15(5-4-6-16(20)31)29-17-13(7-24)9-26-19(30-17)27-10-14-8-25-12-28-18(14)32-11-21(3,22)23/h8-9,12,15-16,31H,4-6,10-11H2,1-3H3,(H2,26,27,29,30)/t15-,16-/m1/s1. The van der Waals surface area contributed by atoms with Gasteiger partial charge >= 0.3 is 0 Å². The van der Waals surface area contributed by atoms with Crippen LogP contribution in [0, 0.1) is 16.7 Å². The highest BCUT2D eigenvalue weighted by Crippen LogP contribution is 2.37. The van der Waals surface area contributed by atoms with E-state index in [4.69, 9.17) is 4.74 Å². The molecule has 1 fully saturated rings. The van der Waals surface area contributed by atoms with E-state index in [0.717, 1.165) is 26.2 Å². The molecule has 0 spiro atoms. The van der Waals surface area contributed by atoms with Gasteiger partial charge in [-0.15, -0.1) is 0 Å². The van der Waals surface area contributed by atoms with Crippen LogP contribution < -0.4 is 15.4 Å². The number of halogens is 2. The summed E-state index contributed by atoms with van der Waals surface area (Å²) in [6, 6.07) is 2.01. The summed E-state index contributed by atoms with van der Waals surface area (Å²) in [5, 5.41) is 26.1. The van der Waals surface area contributed by atoms with Gasteiger partial charge in [0.05, 0.1) is 17.9 Å². The first-order chi connectivity index (χ1) is 15.1. The zero-order valence-electron chi connectivity index (χ0n) is 18.3. The number of nitrogens with one attached hydrogen (secondary N) is 2. The minimum Gasteiger partial charge on any atom is -0.471 e.